The van der Waals surface area contributed by atoms with Crippen LogP contribution >= 0.6 is 0 Å². The van der Waals surface area contributed by atoms with E-state index in [0.717, 1.165) is 31.7 Å². The van der Waals surface area contributed by atoms with Gasteiger partial charge in [-0.25, -0.2) is 5.01 Å². The van der Waals surface area contributed by atoms with Crippen molar-refractivity contribution in [3.63, 3.8) is 0 Å². The van der Waals surface area contributed by atoms with Crippen LogP contribution in [0.1, 0.15) is 30.4 Å². The summed E-state index contributed by atoms with van der Waals surface area (Å²) in [6, 6.07) is 6.39. The highest BCUT2D eigenvalue weighted by molar-refractivity contribution is 5.47. The first kappa shape index (κ1) is 12.9. The maximum atomic E-state index is 9.28. The van der Waals surface area contributed by atoms with E-state index in [2.05, 4.69) is 25.1 Å². The Morgan fingerprint density at radius 2 is 2.32 bits per heavy atom. The van der Waals surface area contributed by atoms with Crippen molar-refractivity contribution in [3.8, 4) is 5.75 Å². The van der Waals surface area contributed by atoms with Crippen LogP contribution < -0.4 is 10.6 Å². The van der Waals surface area contributed by atoms with E-state index in [9.17, 15) is 5.11 Å². The van der Waals surface area contributed by atoms with Gasteiger partial charge in [-0.2, -0.15) is 0 Å². The quantitative estimate of drug-likeness (QED) is 0.788. The molecule has 2 aliphatic heterocycles. The van der Waals surface area contributed by atoms with Crippen LogP contribution in [0.25, 0.3) is 0 Å². The Hall–Kier alpha value is -1.10. The minimum Gasteiger partial charge on any atom is -0.487 e. The van der Waals surface area contributed by atoms with Gasteiger partial charge in [0.15, 0.2) is 0 Å². The van der Waals surface area contributed by atoms with E-state index in [4.69, 9.17) is 10.6 Å². The monoisotopic (exact) mass is 262 g/mol. The van der Waals surface area contributed by atoms with Gasteiger partial charge in [-0.1, -0.05) is 25.1 Å². The number of nitrogens with zero attached hydrogens (tertiary/aromatic N) is 1. The molecule has 0 radical (unpaired) electrons. The Kier molecular flexibility index (Phi) is 3.48. The average Bonchev–Trinajstić information content (AvgIpc) is 2.82. The Balaban J connectivity index is 1.88. The standard InChI is InChI=1S/C15H22N2O2/c1-10-8-17(16)6-5-13(10)14-4-2-3-11-7-12(9-18)19-15(11)14/h2-4,10,12-13,18H,5-9,16H2,1H3. The fourth-order valence-electron chi connectivity index (χ4n) is 3.40. The third kappa shape index (κ3) is 2.36. The number of para-hydroxylation sites is 1. The first-order chi connectivity index (χ1) is 9.19. The molecule has 0 aromatic heterocycles. The second-order valence-electron chi connectivity index (χ2n) is 5.83. The molecule has 2 aliphatic rings. The number of fused-ring (bicyclic) bond motifs is 1. The van der Waals surface area contributed by atoms with Crippen LogP contribution in [0.15, 0.2) is 18.2 Å². The molecule has 4 heteroatoms. The number of aliphatic hydroxyl groups is 1. The molecule has 4 nitrogen and oxygen atoms in total. The summed E-state index contributed by atoms with van der Waals surface area (Å²) >= 11 is 0. The number of benzene rings is 1. The Morgan fingerprint density at radius 1 is 1.47 bits per heavy atom. The number of hydrazine groups is 1. The predicted octanol–water partition coefficient (Wildman–Crippen LogP) is 1.28. The molecule has 1 fully saturated rings. The van der Waals surface area contributed by atoms with Crippen molar-refractivity contribution in [1.82, 2.24) is 5.01 Å². The normalized spacial score (nSPS) is 31.0. The maximum absolute atomic E-state index is 9.28. The molecule has 1 aromatic carbocycles. The van der Waals surface area contributed by atoms with Crippen molar-refractivity contribution in [1.29, 1.82) is 0 Å². The third-order valence-corrected chi connectivity index (χ3v) is 4.40. The molecule has 0 amide bonds. The van der Waals surface area contributed by atoms with E-state index in [1.54, 1.807) is 0 Å². The van der Waals surface area contributed by atoms with Gasteiger partial charge < -0.3 is 9.84 Å². The van der Waals surface area contributed by atoms with Crippen LogP contribution in [-0.2, 0) is 6.42 Å². The number of aliphatic hydroxyl groups excluding tert-OH is 1. The SMILES string of the molecule is CC1CN(N)CCC1c1cccc2c1OC(CO)C2. The number of rotatable bonds is 2. The fourth-order valence-corrected chi connectivity index (χ4v) is 3.40. The predicted molar refractivity (Wildman–Crippen MR) is 73.9 cm³/mol. The fraction of sp³-hybridized carbons (Fsp3) is 0.600. The lowest BCUT2D eigenvalue weighted by Crippen LogP contribution is -2.42. The van der Waals surface area contributed by atoms with Gasteiger partial charge in [0.05, 0.1) is 6.61 Å². The smallest absolute Gasteiger partial charge is 0.126 e. The molecule has 0 spiro atoms. The van der Waals surface area contributed by atoms with Gasteiger partial charge >= 0.3 is 0 Å². The van der Waals surface area contributed by atoms with Crippen molar-refractivity contribution in [2.45, 2.75) is 31.8 Å². The van der Waals surface area contributed by atoms with Gasteiger partial charge in [-0.15, -0.1) is 0 Å². The molecular formula is C15H22N2O2. The van der Waals surface area contributed by atoms with Gasteiger partial charge in [0, 0.05) is 19.5 Å². The molecule has 104 valence electrons. The van der Waals surface area contributed by atoms with Gasteiger partial charge in [-0.05, 0) is 29.4 Å². The molecule has 0 aliphatic carbocycles. The van der Waals surface area contributed by atoms with Crippen molar-refractivity contribution < 1.29 is 9.84 Å². The first-order valence-corrected chi connectivity index (χ1v) is 7.08. The molecule has 19 heavy (non-hydrogen) atoms. The summed E-state index contributed by atoms with van der Waals surface area (Å²) in [7, 11) is 0. The molecule has 3 N–H and O–H groups in total. The highest BCUT2D eigenvalue weighted by Crippen LogP contribution is 2.41. The van der Waals surface area contributed by atoms with Crippen LogP contribution in [-0.4, -0.2) is 35.9 Å². The van der Waals surface area contributed by atoms with E-state index in [-0.39, 0.29) is 12.7 Å². The van der Waals surface area contributed by atoms with Crippen molar-refractivity contribution >= 4 is 0 Å². The van der Waals surface area contributed by atoms with Crippen molar-refractivity contribution in [2.24, 2.45) is 11.8 Å². The second-order valence-corrected chi connectivity index (χ2v) is 5.83. The Labute approximate surface area is 114 Å². The van der Waals surface area contributed by atoms with Crippen LogP contribution in [0, 0.1) is 5.92 Å². The lowest BCUT2D eigenvalue weighted by molar-refractivity contribution is 0.129. The molecule has 1 aromatic rings. The lowest BCUT2D eigenvalue weighted by Gasteiger charge is -2.35. The zero-order valence-electron chi connectivity index (χ0n) is 11.4. The number of nitrogens with two attached hydrogens (primary N) is 1. The van der Waals surface area contributed by atoms with E-state index in [1.165, 1.54) is 11.1 Å². The van der Waals surface area contributed by atoms with Gasteiger partial charge in [-0.3, -0.25) is 5.84 Å². The first-order valence-electron chi connectivity index (χ1n) is 7.08. The molecule has 0 saturated carbocycles. The highest BCUT2D eigenvalue weighted by Gasteiger charge is 2.32. The van der Waals surface area contributed by atoms with E-state index in [1.807, 2.05) is 5.01 Å². The minimum absolute atomic E-state index is 0.0685. The molecule has 3 atom stereocenters. The summed E-state index contributed by atoms with van der Waals surface area (Å²) in [6.45, 7) is 4.20. The van der Waals surface area contributed by atoms with Crippen LogP contribution in [0.3, 0.4) is 0 Å². The van der Waals surface area contributed by atoms with Gasteiger partial charge in [0.25, 0.3) is 0 Å². The average molecular weight is 262 g/mol. The summed E-state index contributed by atoms with van der Waals surface area (Å²) in [6.07, 6.45) is 1.83. The molecule has 3 rings (SSSR count). The van der Waals surface area contributed by atoms with E-state index < -0.39 is 0 Å². The van der Waals surface area contributed by atoms with Crippen molar-refractivity contribution in [3.05, 3.63) is 29.3 Å². The van der Waals surface area contributed by atoms with Crippen molar-refractivity contribution in [2.75, 3.05) is 19.7 Å². The zero-order valence-corrected chi connectivity index (χ0v) is 11.4. The van der Waals surface area contributed by atoms with Crippen LogP contribution in [0.2, 0.25) is 0 Å². The van der Waals surface area contributed by atoms with Crippen LogP contribution in [0.4, 0.5) is 0 Å². The summed E-state index contributed by atoms with van der Waals surface area (Å²) in [4.78, 5) is 0. The molecule has 2 heterocycles. The topological polar surface area (TPSA) is 58.7 Å². The molecule has 1 saturated heterocycles. The zero-order chi connectivity index (χ0) is 13.4. The molecular weight excluding hydrogens is 240 g/mol. The summed E-state index contributed by atoms with van der Waals surface area (Å²) in [5.74, 6) is 7.94. The van der Waals surface area contributed by atoms with Gasteiger partial charge in [0.1, 0.15) is 11.9 Å². The second kappa shape index (κ2) is 5.12. The third-order valence-electron chi connectivity index (χ3n) is 4.40. The summed E-state index contributed by atoms with van der Waals surface area (Å²) < 4.78 is 5.92. The number of hydrogen-bond acceptors (Lipinski definition) is 4. The highest BCUT2D eigenvalue weighted by atomic mass is 16.5. The minimum atomic E-state index is -0.0685. The Bertz CT molecular complexity index is 463. The molecule has 0 bridgehead atoms. The molecule has 3 unspecified atom stereocenters. The number of hydrogen-bond donors (Lipinski definition) is 2. The van der Waals surface area contributed by atoms with Gasteiger partial charge in [0.2, 0.25) is 0 Å². The summed E-state index contributed by atoms with van der Waals surface area (Å²) in [5, 5.41) is 11.2. The largest absolute Gasteiger partial charge is 0.487 e. The Morgan fingerprint density at radius 3 is 3.05 bits per heavy atom. The number of ether oxygens (including phenoxy) is 1. The van der Waals surface area contributed by atoms with Crippen LogP contribution in [0.5, 0.6) is 5.75 Å². The van der Waals surface area contributed by atoms with E-state index >= 15 is 0 Å². The number of piperidine rings is 1. The maximum Gasteiger partial charge on any atom is 0.126 e. The summed E-state index contributed by atoms with van der Waals surface area (Å²) in [5.41, 5.74) is 2.54. The van der Waals surface area contributed by atoms with E-state index in [0.29, 0.717) is 11.8 Å². The lowest BCUT2D eigenvalue weighted by atomic mass is 9.81.